The fourth-order valence-electron chi connectivity index (χ4n) is 2.63. The Kier molecular flexibility index (Phi) is 5.14. The Morgan fingerprint density at radius 1 is 1.30 bits per heavy atom. The summed E-state index contributed by atoms with van der Waals surface area (Å²) in [5.41, 5.74) is 0.931. The molecule has 1 atom stereocenters. The van der Waals surface area contributed by atoms with Gasteiger partial charge in [0.2, 0.25) is 5.91 Å². The van der Waals surface area contributed by atoms with Gasteiger partial charge in [-0.1, -0.05) is 43.8 Å². The zero-order chi connectivity index (χ0) is 17.2. The van der Waals surface area contributed by atoms with Gasteiger partial charge in [0.15, 0.2) is 5.12 Å². The molecule has 0 spiro atoms. The van der Waals surface area contributed by atoms with Crippen LogP contribution in [0.25, 0.3) is 0 Å². The van der Waals surface area contributed by atoms with E-state index in [0.29, 0.717) is 12.2 Å². The molecular weight excluding hydrogens is 314 g/mol. The fraction of sp³-hybridized carbons (Fsp3) is 0.471. The van der Waals surface area contributed by atoms with Crippen LogP contribution in [0.3, 0.4) is 0 Å². The number of esters is 1. The second-order valence-corrected chi connectivity index (χ2v) is 7.36. The number of hydrogen-bond donors (Lipinski definition) is 0. The van der Waals surface area contributed by atoms with Gasteiger partial charge in [-0.25, -0.2) is 4.79 Å². The van der Waals surface area contributed by atoms with Crippen molar-refractivity contribution in [2.24, 2.45) is 5.41 Å². The highest BCUT2D eigenvalue weighted by atomic mass is 32.2. The van der Waals surface area contributed by atoms with Crippen LogP contribution in [0, 0.1) is 5.41 Å². The molecule has 1 unspecified atom stereocenters. The summed E-state index contributed by atoms with van der Waals surface area (Å²) in [6, 6.07) is 6.83. The monoisotopic (exact) mass is 335 g/mol. The molecule has 0 N–H and O–H groups in total. The topological polar surface area (TPSA) is 63.7 Å². The normalized spacial score (nSPS) is 16.9. The van der Waals surface area contributed by atoms with E-state index in [4.69, 9.17) is 4.74 Å². The van der Waals surface area contributed by atoms with Gasteiger partial charge in [-0.05, 0) is 11.6 Å². The molecule has 0 aliphatic carbocycles. The maximum Gasteiger partial charge on any atom is 0.329 e. The lowest BCUT2D eigenvalue weighted by Gasteiger charge is -2.32. The minimum absolute atomic E-state index is 0.0304. The van der Waals surface area contributed by atoms with Crippen molar-refractivity contribution in [2.45, 2.75) is 33.2 Å². The molecule has 1 aliphatic rings. The molecule has 0 saturated carbocycles. The van der Waals surface area contributed by atoms with Gasteiger partial charge in [-0.15, -0.1) is 0 Å². The number of hydrogen-bond acceptors (Lipinski definition) is 5. The van der Waals surface area contributed by atoms with Crippen LogP contribution in [0.5, 0.6) is 0 Å². The van der Waals surface area contributed by atoms with Gasteiger partial charge in [0.25, 0.3) is 0 Å². The number of benzene rings is 1. The summed E-state index contributed by atoms with van der Waals surface area (Å²) < 4.78 is 4.86. The lowest BCUT2D eigenvalue weighted by molar-refractivity contribution is -0.144. The van der Waals surface area contributed by atoms with Gasteiger partial charge in [0, 0.05) is 24.8 Å². The lowest BCUT2D eigenvalue weighted by Crippen LogP contribution is -2.49. The Bertz CT molecular complexity index is 641. The van der Waals surface area contributed by atoms with Crippen LogP contribution in [-0.4, -0.2) is 35.9 Å². The van der Waals surface area contributed by atoms with E-state index in [0.717, 1.165) is 23.0 Å². The Morgan fingerprint density at radius 3 is 2.57 bits per heavy atom. The van der Waals surface area contributed by atoms with E-state index in [1.165, 1.54) is 18.9 Å². The van der Waals surface area contributed by atoms with Crippen molar-refractivity contribution < 1.29 is 19.1 Å². The van der Waals surface area contributed by atoms with Crippen LogP contribution < -0.4 is 4.90 Å². The number of methoxy groups -OCH3 is 1. The van der Waals surface area contributed by atoms with Crippen LogP contribution in [0.15, 0.2) is 24.3 Å². The highest BCUT2D eigenvalue weighted by molar-refractivity contribution is 8.13. The molecule has 1 aliphatic heterocycles. The highest BCUT2D eigenvalue weighted by Crippen LogP contribution is 2.37. The van der Waals surface area contributed by atoms with Gasteiger partial charge in [-0.3, -0.25) is 14.5 Å². The van der Waals surface area contributed by atoms with Crippen LogP contribution >= 0.6 is 11.8 Å². The number of para-hydroxylation sites is 1. The Labute approximate surface area is 140 Å². The van der Waals surface area contributed by atoms with E-state index in [1.54, 1.807) is 13.8 Å². The smallest absolute Gasteiger partial charge is 0.329 e. The van der Waals surface area contributed by atoms with Gasteiger partial charge < -0.3 is 4.74 Å². The molecule has 23 heavy (non-hydrogen) atoms. The summed E-state index contributed by atoms with van der Waals surface area (Å²) in [6.07, 6.45) is 0.449. The summed E-state index contributed by atoms with van der Waals surface area (Å²) >= 11 is 1.12. The lowest BCUT2D eigenvalue weighted by atomic mass is 9.93. The van der Waals surface area contributed by atoms with Crippen LogP contribution in [0.4, 0.5) is 5.69 Å². The summed E-state index contributed by atoms with van der Waals surface area (Å²) in [5.74, 6) is -0.232. The number of rotatable bonds is 4. The first-order valence-corrected chi connectivity index (χ1v) is 8.39. The minimum Gasteiger partial charge on any atom is -0.467 e. The number of ether oxygens (including phenoxy) is 1. The number of carbonyl (C=O) groups is 3. The summed E-state index contributed by atoms with van der Waals surface area (Å²) in [6.45, 7) is 5.06. The molecular formula is C17H21NO4S. The van der Waals surface area contributed by atoms with E-state index in [9.17, 15) is 14.4 Å². The largest absolute Gasteiger partial charge is 0.467 e. The van der Waals surface area contributed by atoms with Gasteiger partial charge in [-0.2, -0.15) is 0 Å². The first-order valence-electron chi connectivity index (χ1n) is 7.40. The molecule has 0 bridgehead atoms. The van der Waals surface area contributed by atoms with Crippen molar-refractivity contribution in [1.82, 2.24) is 0 Å². The molecule has 1 aromatic rings. The van der Waals surface area contributed by atoms with Crippen molar-refractivity contribution in [1.29, 1.82) is 0 Å². The first-order chi connectivity index (χ1) is 10.8. The van der Waals surface area contributed by atoms with Gasteiger partial charge in [0.05, 0.1) is 12.5 Å². The van der Waals surface area contributed by atoms with Crippen molar-refractivity contribution in [2.75, 3.05) is 17.8 Å². The number of amides is 1. The zero-order valence-corrected chi connectivity index (χ0v) is 14.6. The molecule has 0 saturated heterocycles. The predicted octanol–water partition coefficient (Wildman–Crippen LogP) is 2.42. The molecule has 0 aromatic heterocycles. The third kappa shape index (κ3) is 3.58. The van der Waals surface area contributed by atoms with Crippen molar-refractivity contribution in [3.63, 3.8) is 0 Å². The van der Waals surface area contributed by atoms with Crippen LogP contribution in [0.2, 0.25) is 0 Å². The van der Waals surface area contributed by atoms with Crippen LogP contribution in [-0.2, 0) is 25.5 Å². The highest BCUT2D eigenvalue weighted by Gasteiger charge is 2.44. The number of thioether (sulfide) groups is 1. The Hall–Kier alpha value is -1.82. The maximum absolute atomic E-state index is 13.1. The Morgan fingerprint density at radius 2 is 1.96 bits per heavy atom. The molecule has 1 amide bonds. The summed E-state index contributed by atoms with van der Waals surface area (Å²) in [4.78, 5) is 37.9. The van der Waals surface area contributed by atoms with Crippen molar-refractivity contribution >= 4 is 34.4 Å². The van der Waals surface area contributed by atoms with Gasteiger partial charge in [0.1, 0.15) is 6.04 Å². The molecule has 6 heteroatoms. The second kappa shape index (κ2) is 6.74. The van der Waals surface area contributed by atoms with E-state index in [1.807, 2.05) is 24.3 Å². The molecule has 0 fully saturated rings. The fourth-order valence-corrected chi connectivity index (χ4v) is 3.32. The number of nitrogens with zero attached hydrogens (tertiary/aromatic N) is 1. The average molecular weight is 335 g/mol. The summed E-state index contributed by atoms with van der Waals surface area (Å²) in [5, 5.41) is -0.0304. The third-order valence-corrected chi connectivity index (χ3v) is 5.16. The predicted molar refractivity (Wildman–Crippen MR) is 90.4 cm³/mol. The number of fused-ring (bicyclic) bond motifs is 1. The number of anilines is 1. The van der Waals surface area contributed by atoms with Crippen LogP contribution in [0.1, 0.15) is 26.3 Å². The minimum atomic E-state index is -0.764. The molecule has 124 valence electrons. The van der Waals surface area contributed by atoms with E-state index in [2.05, 4.69) is 0 Å². The Balaban J connectivity index is 2.34. The first kappa shape index (κ1) is 17.5. The quantitative estimate of drug-likeness (QED) is 0.791. The number of carbonyl (C=O) groups excluding carboxylic acids is 3. The summed E-state index contributed by atoms with van der Waals surface area (Å²) in [7, 11) is 1.32. The SMILES string of the molecule is COC(=O)C1Cc2ccccc2N1C(=O)C(C)(C)CSC(C)=O. The second-order valence-electron chi connectivity index (χ2n) is 6.21. The zero-order valence-electron chi connectivity index (χ0n) is 13.8. The molecule has 5 nitrogen and oxygen atoms in total. The molecule has 0 radical (unpaired) electrons. The van der Waals surface area contributed by atoms with E-state index < -0.39 is 17.4 Å². The molecule has 1 aromatic carbocycles. The maximum atomic E-state index is 13.1. The average Bonchev–Trinajstić information content (AvgIpc) is 2.90. The molecule has 1 heterocycles. The van der Waals surface area contributed by atoms with Crippen molar-refractivity contribution in [3.05, 3.63) is 29.8 Å². The standard InChI is InChI=1S/C17H21NO4S/c1-11(19)23-10-17(2,3)16(21)18-13-8-6-5-7-12(13)9-14(18)15(20)22-4/h5-8,14H,9-10H2,1-4H3. The van der Waals surface area contributed by atoms with Gasteiger partial charge >= 0.3 is 5.97 Å². The van der Waals surface area contributed by atoms with Crippen molar-refractivity contribution in [3.8, 4) is 0 Å². The van der Waals surface area contributed by atoms with E-state index in [-0.39, 0.29) is 11.0 Å². The third-order valence-electron chi connectivity index (χ3n) is 3.88. The van der Waals surface area contributed by atoms with E-state index >= 15 is 0 Å². The molecule has 2 rings (SSSR count).